The lowest BCUT2D eigenvalue weighted by molar-refractivity contribution is -0.112. The molecule has 0 radical (unpaired) electrons. The lowest BCUT2D eigenvalue weighted by Gasteiger charge is -2.30. The fourth-order valence-electron chi connectivity index (χ4n) is 2.93. The van der Waals surface area contributed by atoms with Gasteiger partial charge in [-0.05, 0) is 63.4 Å². The van der Waals surface area contributed by atoms with E-state index in [2.05, 4.69) is 37.8 Å². The predicted octanol–water partition coefficient (Wildman–Crippen LogP) is 3.02. The van der Waals surface area contributed by atoms with E-state index in [4.69, 9.17) is 0 Å². The molecular formula is C16H23NO. The average molecular weight is 245 g/mol. The smallest absolute Gasteiger partial charge is 0.123 e. The molecular weight excluding hydrogens is 222 g/mol. The Labute approximate surface area is 110 Å². The molecule has 1 fully saturated rings. The molecule has 1 aromatic carbocycles. The largest absolute Gasteiger partial charge is 0.303 e. The molecule has 2 heteroatoms. The molecule has 1 saturated heterocycles. The van der Waals surface area contributed by atoms with Gasteiger partial charge in [0.05, 0.1) is 0 Å². The molecule has 0 atom stereocenters. The first-order chi connectivity index (χ1) is 8.60. The highest BCUT2D eigenvalue weighted by atomic mass is 16.1. The summed E-state index contributed by atoms with van der Waals surface area (Å²) >= 11 is 0. The number of nitrogens with zero attached hydrogens (tertiary/aromatic N) is 1. The van der Waals surface area contributed by atoms with Crippen LogP contribution in [0.4, 0.5) is 0 Å². The second-order valence-electron chi connectivity index (χ2n) is 5.63. The van der Waals surface area contributed by atoms with Gasteiger partial charge in [0.1, 0.15) is 6.29 Å². The SMILES string of the molecule is Cc1cc(C)c(CN2CCC(C=O)CC2)c(C)c1. The zero-order valence-electron chi connectivity index (χ0n) is 11.7. The summed E-state index contributed by atoms with van der Waals surface area (Å²) in [7, 11) is 0. The van der Waals surface area contributed by atoms with Gasteiger partial charge >= 0.3 is 0 Å². The Bertz CT molecular complexity index is 408. The lowest BCUT2D eigenvalue weighted by atomic mass is 9.96. The third-order valence-corrected chi connectivity index (χ3v) is 4.05. The van der Waals surface area contributed by atoms with Crippen molar-refractivity contribution in [3.63, 3.8) is 0 Å². The van der Waals surface area contributed by atoms with E-state index >= 15 is 0 Å². The van der Waals surface area contributed by atoms with Crippen molar-refractivity contribution >= 4 is 6.29 Å². The van der Waals surface area contributed by atoms with Gasteiger partial charge < -0.3 is 4.79 Å². The maximum Gasteiger partial charge on any atom is 0.123 e. The molecule has 0 unspecified atom stereocenters. The molecule has 1 aliphatic heterocycles. The number of carbonyl (C=O) groups is 1. The summed E-state index contributed by atoms with van der Waals surface area (Å²) in [6.07, 6.45) is 3.17. The molecule has 0 N–H and O–H groups in total. The second-order valence-corrected chi connectivity index (χ2v) is 5.63. The van der Waals surface area contributed by atoms with Gasteiger partial charge in [-0.3, -0.25) is 4.90 Å². The highest BCUT2D eigenvalue weighted by molar-refractivity contribution is 5.53. The van der Waals surface area contributed by atoms with Crippen molar-refractivity contribution in [2.75, 3.05) is 13.1 Å². The van der Waals surface area contributed by atoms with Crippen LogP contribution in [-0.2, 0) is 11.3 Å². The van der Waals surface area contributed by atoms with Crippen LogP contribution in [0.25, 0.3) is 0 Å². The third kappa shape index (κ3) is 2.99. The van der Waals surface area contributed by atoms with Gasteiger partial charge in [0.25, 0.3) is 0 Å². The number of hydrogen-bond donors (Lipinski definition) is 0. The van der Waals surface area contributed by atoms with Crippen molar-refractivity contribution < 1.29 is 4.79 Å². The van der Waals surface area contributed by atoms with Crippen LogP contribution in [0.5, 0.6) is 0 Å². The summed E-state index contributed by atoms with van der Waals surface area (Å²) in [4.78, 5) is 13.2. The quantitative estimate of drug-likeness (QED) is 0.763. The molecule has 2 rings (SSSR count). The van der Waals surface area contributed by atoms with Crippen LogP contribution in [-0.4, -0.2) is 24.3 Å². The van der Waals surface area contributed by atoms with E-state index in [0.717, 1.165) is 38.8 Å². The monoisotopic (exact) mass is 245 g/mol. The molecule has 0 aliphatic carbocycles. The van der Waals surface area contributed by atoms with Gasteiger partial charge in [-0.2, -0.15) is 0 Å². The zero-order chi connectivity index (χ0) is 13.1. The Hall–Kier alpha value is -1.15. The maximum absolute atomic E-state index is 10.8. The summed E-state index contributed by atoms with van der Waals surface area (Å²) < 4.78 is 0. The van der Waals surface area contributed by atoms with Crippen molar-refractivity contribution in [2.24, 2.45) is 5.92 Å². The minimum atomic E-state index is 0.293. The van der Waals surface area contributed by atoms with Crippen LogP contribution >= 0.6 is 0 Å². The topological polar surface area (TPSA) is 20.3 Å². The van der Waals surface area contributed by atoms with E-state index in [1.54, 1.807) is 0 Å². The van der Waals surface area contributed by atoms with Crippen LogP contribution in [0.15, 0.2) is 12.1 Å². The Balaban J connectivity index is 2.04. The summed E-state index contributed by atoms with van der Waals surface area (Å²) in [5.41, 5.74) is 5.59. The first-order valence-corrected chi connectivity index (χ1v) is 6.84. The summed E-state index contributed by atoms with van der Waals surface area (Å²) in [6.45, 7) is 9.69. The van der Waals surface area contributed by atoms with Gasteiger partial charge in [-0.15, -0.1) is 0 Å². The lowest BCUT2D eigenvalue weighted by Crippen LogP contribution is -2.34. The van der Waals surface area contributed by atoms with Crippen LogP contribution < -0.4 is 0 Å². The van der Waals surface area contributed by atoms with Crippen LogP contribution in [0.3, 0.4) is 0 Å². The number of carbonyl (C=O) groups excluding carboxylic acids is 1. The van der Waals surface area contributed by atoms with Crippen molar-refractivity contribution in [2.45, 2.75) is 40.2 Å². The van der Waals surface area contributed by atoms with E-state index in [1.807, 2.05) is 0 Å². The van der Waals surface area contributed by atoms with E-state index in [9.17, 15) is 4.79 Å². The number of likely N-dealkylation sites (tertiary alicyclic amines) is 1. The molecule has 1 aromatic rings. The zero-order valence-corrected chi connectivity index (χ0v) is 11.7. The normalized spacial score (nSPS) is 17.9. The van der Waals surface area contributed by atoms with Crippen molar-refractivity contribution in [1.82, 2.24) is 4.90 Å². The van der Waals surface area contributed by atoms with Crippen LogP contribution in [0.2, 0.25) is 0 Å². The van der Waals surface area contributed by atoms with Gasteiger partial charge in [-0.25, -0.2) is 0 Å². The van der Waals surface area contributed by atoms with Gasteiger partial charge in [0.15, 0.2) is 0 Å². The standard InChI is InChI=1S/C16H23NO/c1-12-8-13(2)16(14(3)9-12)10-17-6-4-15(11-18)5-7-17/h8-9,11,15H,4-7,10H2,1-3H3. The van der Waals surface area contributed by atoms with Gasteiger partial charge in [-0.1, -0.05) is 17.7 Å². The molecule has 18 heavy (non-hydrogen) atoms. The molecule has 98 valence electrons. The van der Waals surface area contributed by atoms with E-state index in [1.165, 1.54) is 22.3 Å². The Morgan fingerprint density at radius 2 is 1.72 bits per heavy atom. The molecule has 0 bridgehead atoms. The van der Waals surface area contributed by atoms with E-state index in [0.29, 0.717) is 5.92 Å². The summed E-state index contributed by atoms with van der Waals surface area (Å²) in [6, 6.07) is 4.53. The molecule has 1 heterocycles. The van der Waals surface area contributed by atoms with Gasteiger partial charge in [0.2, 0.25) is 0 Å². The fraction of sp³-hybridized carbons (Fsp3) is 0.562. The number of piperidine rings is 1. The predicted molar refractivity (Wildman–Crippen MR) is 74.7 cm³/mol. The minimum Gasteiger partial charge on any atom is -0.303 e. The summed E-state index contributed by atoms with van der Waals surface area (Å²) in [5, 5.41) is 0. The first kappa shape index (κ1) is 13.3. The molecule has 1 aliphatic rings. The molecule has 0 saturated carbocycles. The highest BCUT2D eigenvalue weighted by Crippen LogP contribution is 2.22. The minimum absolute atomic E-state index is 0.293. The molecule has 0 aromatic heterocycles. The average Bonchev–Trinajstić information content (AvgIpc) is 2.34. The Kier molecular flexibility index (Phi) is 4.18. The van der Waals surface area contributed by atoms with Crippen molar-refractivity contribution in [3.8, 4) is 0 Å². The number of aldehydes is 1. The van der Waals surface area contributed by atoms with Crippen LogP contribution in [0, 0.1) is 26.7 Å². The number of benzene rings is 1. The van der Waals surface area contributed by atoms with Crippen LogP contribution in [0.1, 0.15) is 35.1 Å². The van der Waals surface area contributed by atoms with Gasteiger partial charge in [0, 0.05) is 12.5 Å². The van der Waals surface area contributed by atoms with E-state index < -0.39 is 0 Å². The third-order valence-electron chi connectivity index (χ3n) is 4.05. The second kappa shape index (κ2) is 5.66. The Morgan fingerprint density at radius 1 is 1.17 bits per heavy atom. The maximum atomic E-state index is 10.8. The van der Waals surface area contributed by atoms with Crippen molar-refractivity contribution in [1.29, 1.82) is 0 Å². The van der Waals surface area contributed by atoms with E-state index in [-0.39, 0.29) is 0 Å². The molecule has 0 amide bonds. The highest BCUT2D eigenvalue weighted by Gasteiger charge is 2.19. The number of aryl methyl sites for hydroxylation is 3. The molecule has 2 nitrogen and oxygen atoms in total. The fourth-order valence-corrected chi connectivity index (χ4v) is 2.93. The first-order valence-electron chi connectivity index (χ1n) is 6.84. The number of rotatable bonds is 3. The Morgan fingerprint density at radius 3 is 2.22 bits per heavy atom. The number of hydrogen-bond acceptors (Lipinski definition) is 2. The molecule has 0 spiro atoms. The van der Waals surface area contributed by atoms with Crippen molar-refractivity contribution in [3.05, 3.63) is 34.4 Å². The summed E-state index contributed by atoms with van der Waals surface area (Å²) in [5.74, 6) is 0.293.